The highest BCUT2D eigenvalue weighted by atomic mass is 16.5. The number of amides is 2. The molecule has 0 aliphatic rings. The van der Waals surface area contributed by atoms with Crippen molar-refractivity contribution in [2.45, 2.75) is 33.7 Å². The summed E-state index contributed by atoms with van der Waals surface area (Å²) >= 11 is 0. The molecule has 1 unspecified atom stereocenters. The van der Waals surface area contributed by atoms with Gasteiger partial charge in [0, 0.05) is 12.5 Å². The van der Waals surface area contributed by atoms with Crippen LogP contribution in [0, 0.1) is 5.41 Å². The van der Waals surface area contributed by atoms with Gasteiger partial charge in [0.15, 0.2) is 0 Å². The van der Waals surface area contributed by atoms with E-state index in [-0.39, 0.29) is 5.91 Å². The Hall–Kier alpha value is -1.10. The lowest BCUT2D eigenvalue weighted by atomic mass is 9.94. The summed E-state index contributed by atoms with van der Waals surface area (Å²) in [4.78, 5) is 24.0. The Morgan fingerprint density at radius 1 is 1.36 bits per heavy atom. The monoisotopic (exact) mass is 202 g/mol. The normalized spacial score (nSPS) is 13.3. The fourth-order valence-corrected chi connectivity index (χ4v) is 0.974. The van der Waals surface area contributed by atoms with Gasteiger partial charge in [0.25, 0.3) is 5.91 Å². The third-order valence-electron chi connectivity index (χ3n) is 2.03. The fourth-order valence-electron chi connectivity index (χ4n) is 0.974. The Morgan fingerprint density at radius 2 is 1.79 bits per heavy atom. The van der Waals surface area contributed by atoms with E-state index in [0.717, 1.165) is 0 Å². The number of hydroxylamine groups is 1. The smallest absolute Gasteiger partial charge is 0.265 e. The number of hydrogen-bond donors (Lipinski definition) is 2. The second kappa shape index (κ2) is 4.41. The van der Waals surface area contributed by atoms with E-state index < -0.39 is 17.4 Å². The Bertz CT molecular complexity index is 233. The van der Waals surface area contributed by atoms with Crippen molar-refractivity contribution in [3.63, 3.8) is 0 Å². The number of rotatable bonds is 2. The van der Waals surface area contributed by atoms with E-state index in [0.29, 0.717) is 0 Å². The van der Waals surface area contributed by atoms with Crippen molar-refractivity contribution < 1.29 is 14.8 Å². The molecule has 0 bridgehead atoms. The Balaban J connectivity index is 4.55. The minimum atomic E-state index is -0.674. The Kier molecular flexibility index (Phi) is 4.07. The molecule has 0 rings (SSSR count). The van der Waals surface area contributed by atoms with E-state index in [1.165, 1.54) is 17.4 Å². The third kappa shape index (κ3) is 2.99. The van der Waals surface area contributed by atoms with Crippen molar-refractivity contribution in [3.8, 4) is 0 Å². The molecular weight excluding hydrogens is 184 g/mol. The van der Waals surface area contributed by atoms with Crippen molar-refractivity contribution in [1.82, 2.24) is 10.4 Å². The van der Waals surface area contributed by atoms with Gasteiger partial charge in [-0.1, -0.05) is 20.8 Å². The van der Waals surface area contributed by atoms with Gasteiger partial charge in [0.1, 0.15) is 6.04 Å². The maximum atomic E-state index is 11.7. The molecule has 0 aliphatic heterocycles. The summed E-state index contributed by atoms with van der Waals surface area (Å²) in [5, 5.41) is 8.40. The van der Waals surface area contributed by atoms with E-state index in [1.54, 1.807) is 27.7 Å². The van der Waals surface area contributed by atoms with Crippen molar-refractivity contribution in [2.24, 2.45) is 5.41 Å². The number of nitrogens with zero attached hydrogens (tertiary/aromatic N) is 1. The zero-order valence-corrected chi connectivity index (χ0v) is 9.29. The summed E-state index contributed by atoms with van der Waals surface area (Å²) < 4.78 is 0. The van der Waals surface area contributed by atoms with Crippen molar-refractivity contribution >= 4 is 11.8 Å². The first kappa shape index (κ1) is 12.9. The van der Waals surface area contributed by atoms with Crippen molar-refractivity contribution in [3.05, 3.63) is 0 Å². The zero-order chi connectivity index (χ0) is 11.5. The predicted molar refractivity (Wildman–Crippen MR) is 51.6 cm³/mol. The fraction of sp³-hybridized carbons (Fsp3) is 0.778. The molecule has 0 saturated heterocycles. The lowest BCUT2D eigenvalue weighted by Gasteiger charge is -2.29. The van der Waals surface area contributed by atoms with Crippen LogP contribution >= 0.6 is 0 Å². The minimum Gasteiger partial charge on any atom is -0.333 e. The third-order valence-corrected chi connectivity index (χ3v) is 2.03. The van der Waals surface area contributed by atoms with Crippen LogP contribution in [0.5, 0.6) is 0 Å². The zero-order valence-electron chi connectivity index (χ0n) is 9.29. The lowest BCUT2D eigenvalue weighted by Crippen LogP contribution is -2.48. The first-order chi connectivity index (χ1) is 6.21. The standard InChI is InChI=1S/C9H18N2O3/c1-6(7(12)10-14)11(5)8(13)9(2,3)4/h6,14H,1-5H3,(H,10,12). The van der Waals surface area contributed by atoms with Crippen LogP contribution in [0.4, 0.5) is 0 Å². The number of hydrogen-bond acceptors (Lipinski definition) is 3. The molecule has 0 radical (unpaired) electrons. The first-order valence-electron chi connectivity index (χ1n) is 4.43. The SMILES string of the molecule is CC(C(=O)NO)N(C)C(=O)C(C)(C)C. The predicted octanol–water partition coefficient (Wildman–Crippen LogP) is 0.385. The molecule has 0 spiro atoms. The summed E-state index contributed by atoms with van der Waals surface area (Å²) in [7, 11) is 1.54. The molecule has 0 aromatic rings. The van der Waals surface area contributed by atoms with Gasteiger partial charge >= 0.3 is 0 Å². The van der Waals surface area contributed by atoms with Crippen molar-refractivity contribution in [1.29, 1.82) is 0 Å². The van der Waals surface area contributed by atoms with Crippen LogP contribution in [0.15, 0.2) is 0 Å². The van der Waals surface area contributed by atoms with Gasteiger partial charge in [0.05, 0.1) is 0 Å². The molecule has 0 fully saturated rings. The molecule has 82 valence electrons. The van der Waals surface area contributed by atoms with E-state index in [2.05, 4.69) is 0 Å². The molecule has 1 atom stereocenters. The van der Waals surface area contributed by atoms with Crippen LogP contribution < -0.4 is 5.48 Å². The van der Waals surface area contributed by atoms with Gasteiger partial charge in [-0.25, -0.2) is 5.48 Å². The second-order valence-corrected chi connectivity index (χ2v) is 4.32. The van der Waals surface area contributed by atoms with E-state index in [4.69, 9.17) is 5.21 Å². The van der Waals surface area contributed by atoms with Gasteiger partial charge in [-0.3, -0.25) is 14.8 Å². The van der Waals surface area contributed by atoms with Gasteiger partial charge in [-0.05, 0) is 6.92 Å². The van der Waals surface area contributed by atoms with Gasteiger partial charge in [-0.15, -0.1) is 0 Å². The van der Waals surface area contributed by atoms with Crippen LogP contribution in [0.2, 0.25) is 0 Å². The minimum absolute atomic E-state index is 0.145. The summed E-state index contributed by atoms with van der Waals surface area (Å²) in [6, 6.07) is -0.674. The molecule has 2 amide bonds. The summed E-state index contributed by atoms with van der Waals surface area (Å²) in [5.41, 5.74) is 0.990. The van der Waals surface area contributed by atoms with Gasteiger partial charge < -0.3 is 4.90 Å². The number of likely N-dealkylation sites (N-methyl/N-ethyl adjacent to an activating group) is 1. The highest BCUT2D eigenvalue weighted by molar-refractivity contribution is 5.88. The molecule has 0 aromatic carbocycles. The lowest BCUT2D eigenvalue weighted by molar-refractivity contribution is -0.147. The Labute approximate surface area is 84.0 Å². The average Bonchev–Trinajstić information content (AvgIpc) is 2.11. The maximum absolute atomic E-state index is 11.7. The van der Waals surface area contributed by atoms with Crippen LogP contribution in [0.1, 0.15) is 27.7 Å². The van der Waals surface area contributed by atoms with Crippen molar-refractivity contribution in [2.75, 3.05) is 7.05 Å². The summed E-state index contributed by atoms with van der Waals surface area (Å²) in [6.07, 6.45) is 0. The highest BCUT2D eigenvalue weighted by Gasteiger charge is 2.30. The van der Waals surface area contributed by atoms with E-state index in [1.807, 2.05) is 0 Å². The molecule has 0 aromatic heterocycles. The molecule has 0 aliphatic carbocycles. The quantitative estimate of drug-likeness (QED) is 0.502. The summed E-state index contributed by atoms with van der Waals surface area (Å²) in [5.74, 6) is -0.737. The molecule has 2 N–H and O–H groups in total. The molecule has 0 heterocycles. The number of nitrogens with one attached hydrogen (secondary N) is 1. The first-order valence-corrected chi connectivity index (χ1v) is 4.43. The molecule has 14 heavy (non-hydrogen) atoms. The van der Waals surface area contributed by atoms with Crippen LogP contribution in [0.25, 0.3) is 0 Å². The molecule has 5 nitrogen and oxygen atoms in total. The van der Waals surface area contributed by atoms with Crippen LogP contribution in [-0.4, -0.2) is 35.0 Å². The number of carbonyl (C=O) groups excluding carboxylic acids is 2. The second-order valence-electron chi connectivity index (χ2n) is 4.32. The molecule has 0 saturated carbocycles. The topological polar surface area (TPSA) is 69.6 Å². The van der Waals surface area contributed by atoms with Gasteiger partial charge in [-0.2, -0.15) is 0 Å². The van der Waals surface area contributed by atoms with E-state index in [9.17, 15) is 9.59 Å². The molecular formula is C9H18N2O3. The maximum Gasteiger partial charge on any atom is 0.265 e. The highest BCUT2D eigenvalue weighted by Crippen LogP contribution is 2.17. The largest absolute Gasteiger partial charge is 0.333 e. The molecule has 5 heteroatoms. The van der Waals surface area contributed by atoms with Crippen LogP contribution in [-0.2, 0) is 9.59 Å². The van der Waals surface area contributed by atoms with E-state index >= 15 is 0 Å². The Morgan fingerprint density at radius 3 is 2.07 bits per heavy atom. The van der Waals surface area contributed by atoms with Gasteiger partial charge in [0.2, 0.25) is 5.91 Å². The average molecular weight is 202 g/mol. The summed E-state index contributed by atoms with van der Waals surface area (Å²) in [6.45, 7) is 6.87. The number of carbonyl (C=O) groups is 2. The van der Waals surface area contributed by atoms with Crippen LogP contribution in [0.3, 0.4) is 0 Å².